The molecule has 0 spiro atoms. The molecule has 1 aromatic carbocycles. The average Bonchev–Trinajstić information content (AvgIpc) is 2.53. The summed E-state index contributed by atoms with van der Waals surface area (Å²) in [6.07, 6.45) is 3.04. The molecule has 0 N–H and O–H groups in total. The van der Waals surface area contributed by atoms with Gasteiger partial charge in [0.15, 0.2) is 0 Å². The monoisotopic (exact) mass is 338 g/mol. The van der Waals surface area contributed by atoms with Gasteiger partial charge in [-0.15, -0.1) is 0 Å². The number of carbonyl (C=O) groups excluding carboxylic acids is 1. The fraction of sp³-hybridized carbons (Fsp3) is 0.588. The Balaban J connectivity index is 1.94. The third kappa shape index (κ3) is 4.32. The van der Waals surface area contributed by atoms with Gasteiger partial charge in [-0.2, -0.15) is 4.31 Å². The first-order valence-corrected chi connectivity index (χ1v) is 9.52. The summed E-state index contributed by atoms with van der Waals surface area (Å²) in [6, 6.07) is 7.11. The van der Waals surface area contributed by atoms with Gasteiger partial charge >= 0.3 is 0 Å². The number of hydrogen-bond acceptors (Lipinski definition) is 3. The molecule has 1 aromatic rings. The highest BCUT2D eigenvalue weighted by atomic mass is 32.2. The maximum absolute atomic E-state index is 12.7. The molecule has 1 aliphatic heterocycles. The topological polar surface area (TPSA) is 57.7 Å². The van der Waals surface area contributed by atoms with Crippen molar-refractivity contribution in [1.29, 1.82) is 0 Å². The predicted octanol–water partition coefficient (Wildman–Crippen LogP) is 2.26. The van der Waals surface area contributed by atoms with Crippen molar-refractivity contribution in [1.82, 2.24) is 9.21 Å². The Kier molecular flexibility index (Phi) is 5.81. The van der Waals surface area contributed by atoms with Crippen molar-refractivity contribution in [3.05, 3.63) is 29.8 Å². The first-order valence-electron chi connectivity index (χ1n) is 8.08. The van der Waals surface area contributed by atoms with Crippen molar-refractivity contribution >= 4 is 15.9 Å². The van der Waals surface area contributed by atoms with Crippen LogP contribution in [0.3, 0.4) is 0 Å². The second-order valence-corrected chi connectivity index (χ2v) is 8.35. The summed E-state index contributed by atoms with van der Waals surface area (Å²) < 4.78 is 27.1. The third-order valence-electron chi connectivity index (χ3n) is 4.55. The van der Waals surface area contributed by atoms with E-state index >= 15 is 0 Å². The molecule has 1 saturated heterocycles. The number of sulfonamides is 1. The molecule has 0 unspecified atom stereocenters. The van der Waals surface area contributed by atoms with E-state index in [1.165, 1.54) is 0 Å². The van der Waals surface area contributed by atoms with Crippen LogP contribution in [0.25, 0.3) is 0 Å². The first kappa shape index (κ1) is 17.9. The van der Waals surface area contributed by atoms with E-state index in [1.807, 2.05) is 19.1 Å². The van der Waals surface area contributed by atoms with Crippen LogP contribution in [-0.2, 0) is 14.8 Å². The fourth-order valence-electron chi connectivity index (χ4n) is 2.97. The van der Waals surface area contributed by atoms with E-state index in [4.69, 9.17) is 0 Å². The molecule has 0 aliphatic carbocycles. The van der Waals surface area contributed by atoms with Crippen molar-refractivity contribution in [2.75, 3.05) is 27.2 Å². The molecule has 128 valence electrons. The lowest BCUT2D eigenvalue weighted by molar-refractivity contribution is -0.129. The Morgan fingerprint density at radius 3 is 2.39 bits per heavy atom. The van der Waals surface area contributed by atoms with Crippen molar-refractivity contribution in [3.8, 4) is 0 Å². The summed E-state index contributed by atoms with van der Waals surface area (Å²) in [5, 5.41) is 0. The number of nitrogens with zero attached hydrogens (tertiary/aromatic N) is 2. The maximum Gasteiger partial charge on any atom is 0.243 e. The minimum Gasteiger partial charge on any atom is -0.349 e. The SMILES string of the molecule is Cc1ccccc1S(=O)(=O)N1CCC(CCC(=O)N(C)C)CC1. The molecule has 0 aromatic heterocycles. The molecule has 1 heterocycles. The van der Waals surface area contributed by atoms with Crippen LogP contribution in [0.15, 0.2) is 29.2 Å². The molecular formula is C17H26N2O3S. The van der Waals surface area contributed by atoms with Crippen molar-refractivity contribution in [2.45, 2.75) is 37.5 Å². The van der Waals surface area contributed by atoms with E-state index in [0.29, 0.717) is 30.3 Å². The number of rotatable bonds is 5. The van der Waals surface area contributed by atoms with Gasteiger partial charge in [-0.3, -0.25) is 4.79 Å². The molecule has 0 bridgehead atoms. The van der Waals surface area contributed by atoms with Crippen LogP contribution in [-0.4, -0.2) is 50.7 Å². The number of carbonyl (C=O) groups is 1. The lowest BCUT2D eigenvalue weighted by Crippen LogP contribution is -2.39. The second-order valence-electron chi connectivity index (χ2n) is 6.44. The van der Waals surface area contributed by atoms with E-state index < -0.39 is 10.0 Å². The highest BCUT2D eigenvalue weighted by molar-refractivity contribution is 7.89. The van der Waals surface area contributed by atoms with E-state index in [1.54, 1.807) is 35.4 Å². The van der Waals surface area contributed by atoms with Gasteiger partial charge in [0.1, 0.15) is 0 Å². The molecule has 1 aliphatic rings. The largest absolute Gasteiger partial charge is 0.349 e. The molecule has 2 rings (SSSR count). The third-order valence-corrected chi connectivity index (χ3v) is 6.61. The van der Waals surface area contributed by atoms with Gasteiger partial charge in [0, 0.05) is 33.6 Å². The van der Waals surface area contributed by atoms with Crippen molar-refractivity contribution in [2.24, 2.45) is 5.92 Å². The number of aryl methyl sites for hydroxylation is 1. The lowest BCUT2D eigenvalue weighted by Gasteiger charge is -2.31. The minimum absolute atomic E-state index is 0.139. The van der Waals surface area contributed by atoms with Crippen LogP contribution in [0, 0.1) is 12.8 Å². The van der Waals surface area contributed by atoms with Gasteiger partial charge in [0.2, 0.25) is 15.9 Å². The molecule has 1 fully saturated rings. The number of hydrogen-bond donors (Lipinski definition) is 0. The van der Waals surface area contributed by atoms with E-state index in [-0.39, 0.29) is 5.91 Å². The van der Waals surface area contributed by atoms with E-state index in [2.05, 4.69) is 0 Å². The van der Waals surface area contributed by atoms with Crippen LogP contribution < -0.4 is 0 Å². The Morgan fingerprint density at radius 1 is 1.22 bits per heavy atom. The smallest absolute Gasteiger partial charge is 0.243 e. The van der Waals surface area contributed by atoms with Crippen molar-refractivity contribution in [3.63, 3.8) is 0 Å². The highest BCUT2D eigenvalue weighted by Crippen LogP contribution is 2.27. The van der Waals surface area contributed by atoms with Gasteiger partial charge in [0.25, 0.3) is 0 Å². The van der Waals surface area contributed by atoms with Gasteiger partial charge < -0.3 is 4.90 Å². The molecule has 1 amide bonds. The van der Waals surface area contributed by atoms with Crippen LogP contribution in [0.1, 0.15) is 31.2 Å². The van der Waals surface area contributed by atoms with Crippen LogP contribution in [0.2, 0.25) is 0 Å². The van der Waals surface area contributed by atoms with Crippen molar-refractivity contribution < 1.29 is 13.2 Å². The summed E-state index contributed by atoms with van der Waals surface area (Å²) in [5.41, 5.74) is 0.784. The number of benzene rings is 1. The second kappa shape index (κ2) is 7.45. The number of piperidine rings is 1. The van der Waals surface area contributed by atoms with E-state index in [9.17, 15) is 13.2 Å². The summed E-state index contributed by atoms with van der Waals surface area (Å²) >= 11 is 0. The molecular weight excluding hydrogens is 312 g/mol. The summed E-state index contributed by atoms with van der Waals surface area (Å²) in [6.45, 7) is 2.90. The molecule has 0 saturated carbocycles. The lowest BCUT2D eigenvalue weighted by atomic mass is 9.93. The van der Waals surface area contributed by atoms with Crippen LogP contribution >= 0.6 is 0 Å². The first-order chi connectivity index (χ1) is 10.8. The zero-order valence-corrected chi connectivity index (χ0v) is 15.0. The molecule has 5 nitrogen and oxygen atoms in total. The quantitative estimate of drug-likeness (QED) is 0.827. The highest BCUT2D eigenvalue weighted by Gasteiger charge is 2.30. The molecule has 0 atom stereocenters. The minimum atomic E-state index is -3.40. The Bertz CT molecular complexity index is 648. The fourth-order valence-corrected chi connectivity index (χ4v) is 4.67. The summed E-state index contributed by atoms with van der Waals surface area (Å²) in [7, 11) is 0.125. The number of amides is 1. The van der Waals surface area contributed by atoms with Gasteiger partial charge in [-0.1, -0.05) is 18.2 Å². The summed E-state index contributed by atoms with van der Waals surface area (Å²) in [5.74, 6) is 0.571. The Labute approximate surface area is 139 Å². The van der Waals surface area contributed by atoms with Crippen LogP contribution in [0.4, 0.5) is 0 Å². The zero-order chi connectivity index (χ0) is 17.0. The average molecular weight is 338 g/mol. The molecule has 6 heteroatoms. The van der Waals surface area contributed by atoms with E-state index in [0.717, 1.165) is 24.8 Å². The predicted molar refractivity (Wildman–Crippen MR) is 90.6 cm³/mol. The van der Waals surface area contributed by atoms with Gasteiger partial charge in [-0.05, 0) is 43.7 Å². The summed E-state index contributed by atoms with van der Waals surface area (Å²) in [4.78, 5) is 13.7. The Morgan fingerprint density at radius 2 is 1.83 bits per heavy atom. The Hall–Kier alpha value is -1.40. The molecule has 0 radical (unpaired) electrons. The zero-order valence-electron chi connectivity index (χ0n) is 14.2. The molecule has 23 heavy (non-hydrogen) atoms. The maximum atomic E-state index is 12.7. The normalized spacial score (nSPS) is 17.2. The van der Waals surface area contributed by atoms with Gasteiger partial charge in [-0.25, -0.2) is 8.42 Å². The van der Waals surface area contributed by atoms with Gasteiger partial charge in [0.05, 0.1) is 4.90 Å². The standard InChI is InChI=1S/C17H26N2O3S/c1-14-6-4-5-7-16(14)23(21,22)19-12-10-15(11-13-19)8-9-17(20)18(2)3/h4-7,15H,8-13H2,1-3H3. The van der Waals surface area contributed by atoms with Crippen LogP contribution in [0.5, 0.6) is 0 Å².